The van der Waals surface area contributed by atoms with E-state index in [9.17, 15) is 0 Å². The van der Waals surface area contributed by atoms with E-state index in [-0.39, 0.29) is 0 Å². The molecule has 14 heavy (non-hydrogen) atoms. The van der Waals surface area contributed by atoms with Gasteiger partial charge in [0.1, 0.15) is 0 Å². The summed E-state index contributed by atoms with van der Waals surface area (Å²) in [6.07, 6.45) is 5.76. The van der Waals surface area contributed by atoms with Crippen molar-refractivity contribution in [1.29, 1.82) is 0 Å². The van der Waals surface area contributed by atoms with Crippen molar-refractivity contribution in [2.45, 2.75) is 20.0 Å². The molecule has 0 aliphatic carbocycles. The van der Waals surface area contributed by atoms with Gasteiger partial charge in [0.25, 0.3) is 0 Å². The SMILES string of the molecule is CC=CCOCCn1cc(CN)nn1. The lowest BCUT2D eigenvalue weighted by Gasteiger charge is -2.00. The van der Waals surface area contributed by atoms with E-state index in [0.717, 1.165) is 5.69 Å². The first-order chi connectivity index (χ1) is 6.86. The highest BCUT2D eigenvalue weighted by Crippen LogP contribution is 1.91. The molecule has 0 aliphatic rings. The summed E-state index contributed by atoms with van der Waals surface area (Å²) in [5.41, 5.74) is 6.21. The quantitative estimate of drug-likeness (QED) is 0.526. The van der Waals surface area contributed by atoms with Gasteiger partial charge >= 0.3 is 0 Å². The monoisotopic (exact) mass is 196 g/mol. The minimum Gasteiger partial charge on any atom is -0.375 e. The van der Waals surface area contributed by atoms with Gasteiger partial charge in [0, 0.05) is 12.7 Å². The van der Waals surface area contributed by atoms with Crippen molar-refractivity contribution in [3.05, 3.63) is 24.0 Å². The third-order valence-corrected chi connectivity index (χ3v) is 1.71. The highest BCUT2D eigenvalue weighted by Gasteiger charge is 1.96. The molecule has 2 N–H and O–H groups in total. The second kappa shape index (κ2) is 6.28. The van der Waals surface area contributed by atoms with Gasteiger partial charge in [-0.1, -0.05) is 17.4 Å². The largest absolute Gasteiger partial charge is 0.375 e. The fraction of sp³-hybridized carbons (Fsp3) is 0.556. The molecular formula is C9H16N4O. The maximum Gasteiger partial charge on any atom is 0.0962 e. The molecule has 5 heteroatoms. The van der Waals surface area contributed by atoms with Crippen LogP contribution in [0.1, 0.15) is 12.6 Å². The predicted octanol–water partition coefficient (Wildman–Crippen LogP) is 0.330. The molecule has 0 radical (unpaired) electrons. The lowest BCUT2D eigenvalue weighted by Crippen LogP contribution is -2.06. The van der Waals surface area contributed by atoms with Crippen LogP contribution < -0.4 is 5.73 Å². The molecular weight excluding hydrogens is 180 g/mol. The number of rotatable bonds is 6. The normalized spacial score (nSPS) is 11.3. The molecule has 1 rings (SSSR count). The van der Waals surface area contributed by atoms with Gasteiger partial charge < -0.3 is 10.5 Å². The number of hydrogen-bond acceptors (Lipinski definition) is 4. The Hall–Kier alpha value is -1.20. The number of nitrogens with zero attached hydrogens (tertiary/aromatic N) is 3. The maximum absolute atomic E-state index is 5.40. The van der Waals surface area contributed by atoms with Crippen LogP contribution in [0.4, 0.5) is 0 Å². The second-order valence-electron chi connectivity index (χ2n) is 2.82. The van der Waals surface area contributed by atoms with Crippen molar-refractivity contribution in [3.8, 4) is 0 Å². The molecule has 0 fully saturated rings. The van der Waals surface area contributed by atoms with Crippen LogP contribution in [0.3, 0.4) is 0 Å². The molecule has 0 spiro atoms. The van der Waals surface area contributed by atoms with Crippen molar-refractivity contribution in [3.63, 3.8) is 0 Å². The molecule has 0 amide bonds. The Bertz CT molecular complexity index is 282. The molecule has 1 aromatic rings. The molecule has 1 aromatic heterocycles. The van der Waals surface area contributed by atoms with Crippen LogP contribution >= 0.6 is 0 Å². The Kier molecular flexibility index (Phi) is 4.88. The van der Waals surface area contributed by atoms with Gasteiger partial charge in [0.15, 0.2) is 0 Å². The van der Waals surface area contributed by atoms with Crippen LogP contribution in [-0.4, -0.2) is 28.2 Å². The van der Waals surface area contributed by atoms with Gasteiger partial charge in [-0.15, -0.1) is 5.10 Å². The number of ether oxygens (including phenoxy) is 1. The molecule has 0 saturated carbocycles. The first-order valence-electron chi connectivity index (χ1n) is 4.64. The second-order valence-corrected chi connectivity index (χ2v) is 2.82. The minimum absolute atomic E-state index is 0.430. The van der Waals surface area contributed by atoms with E-state index in [2.05, 4.69) is 10.3 Å². The highest BCUT2D eigenvalue weighted by atomic mass is 16.5. The minimum atomic E-state index is 0.430. The zero-order valence-corrected chi connectivity index (χ0v) is 8.39. The third-order valence-electron chi connectivity index (χ3n) is 1.71. The average molecular weight is 196 g/mol. The van der Waals surface area contributed by atoms with Crippen molar-refractivity contribution >= 4 is 0 Å². The van der Waals surface area contributed by atoms with Crippen molar-refractivity contribution < 1.29 is 4.74 Å². The maximum atomic E-state index is 5.40. The summed E-state index contributed by atoms with van der Waals surface area (Å²) in [5, 5.41) is 7.76. The summed E-state index contributed by atoms with van der Waals surface area (Å²) >= 11 is 0. The molecule has 0 atom stereocenters. The topological polar surface area (TPSA) is 66.0 Å². The zero-order valence-electron chi connectivity index (χ0n) is 8.39. The fourth-order valence-electron chi connectivity index (χ4n) is 0.947. The van der Waals surface area contributed by atoms with E-state index in [1.54, 1.807) is 4.68 Å². The Morgan fingerprint density at radius 1 is 1.64 bits per heavy atom. The third kappa shape index (κ3) is 3.68. The van der Waals surface area contributed by atoms with Crippen LogP contribution in [0.2, 0.25) is 0 Å². The molecule has 0 bridgehead atoms. The molecule has 78 valence electrons. The van der Waals surface area contributed by atoms with E-state index in [0.29, 0.717) is 26.3 Å². The molecule has 0 unspecified atom stereocenters. The summed E-state index contributed by atoms with van der Waals surface area (Å²) in [5.74, 6) is 0. The van der Waals surface area contributed by atoms with Crippen LogP contribution in [0, 0.1) is 0 Å². The molecule has 5 nitrogen and oxygen atoms in total. The summed E-state index contributed by atoms with van der Waals surface area (Å²) < 4.78 is 7.05. The smallest absolute Gasteiger partial charge is 0.0962 e. The first-order valence-corrected chi connectivity index (χ1v) is 4.64. The van der Waals surface area contributed by atoms with Gasteiger partial charge in [0.05, 0.1) is 25.5 Å². The number of nitrogens with two attached hydrogens (primary N) is 1. The van der Waals surface area contributed by atoms with Gasteiger partial charge in [0.2, 0.25) is 0 Å². The zero-order chi connectivity index (χ0) is 10.2. The lowest BCUT2D eigenvalue weighted by atomic mass is 10.5. The van der Waals surface area contributed by atoms with Crippen LogP contribution in [0.25, 0.3) is 0 Å². The Morgan fingerprint density at radius 2 is 2.50 bits per heavy atom. The summed E-state index contributed by atoms with van der Waals surface area (Å²) in [6, 6.07) is 0. The van der Waals surface area contributed by atoms with Gasteiger partial charge in [-0.3, -0.25) is 0 Å². The predicted molar refractivity (Wildman–Crippen MR) is 53.5 cm³/mol. The van der Waals surface area contributed by atoms with Crippen molar-refractivity contribution in [2.24, 2.45) is 5.73 Å². The Balaban J connectivity index is 2.18. The van der Waals surface area contributed by atoms with Gasteiger partial charge in [-0.25, -0.2) is 4.68 Å². The van der Waals surface area contributed by atoms with E-state index in [4.69, 9.17) is 10.5 Å². The first kappa shape index (κ1) is 10.9. The number of hydrogen-bond donors (Lipinski definition) is 1. The standard InChI is InChI=1S/C9H16N4O/c1-2-3-5-14-6-4-13-8-9(7-10)11-12-13/h2-3,8H,4-7,10H2,1H3. The van der Waals surface area contributed by atoms with Crippen LogP contribution in [0.5, 0.6) is 0 Å². The van der Waals surface area contributed by atoms with Gasteiger partial charge in [-0.2, -0.15) is 0 Å². The van der Waals surface area contributed by atoms with E-state index >= 15 is 0 Å². The molecule has 0 saturated heterocycles. The summed E-state index contributed by atoms with van der Waals surface area (Å²) in [6.45, 7) is 4.39. The summed E-state index contributed by atoms with van der Waals surface area (Å²) in [7, 11) is 0. The van der Waals surface area contributed by atoms with Crippen molar-refractivity contribution in [2.75, 3.05) is 13.2 Å². The van der Waals surface area contributed by atoms with E-state index in [1.807, 2.05) is 25.3 Å². The van der Waals surface area contributed by atoms with Crippen LogP contribution in [-0.2, 0) is 17.8 Å². The van der Waals surface area contributed by atoms with Crippen LogP contribution in [0.15, 0.2) is 18.3 Å². The fourth-order valence-corrected chi connectivity index (χ4v) is 0.947. The highest BCUT2D eigenvalue weighted by molar-refractivity contribution is 4.90. The Labute approximate surface area is 83.5 Å². The van der Waals surface area contributed by atoms with E-state index in [1.165, 1.54) is 0 Å². The number of aromatic nitrogens is 3. The summed E-state index contributed by atoms with van der Waals surface area (Å²) in [4.78, 5) is 0. The lowest BCUT2D eigenvalue weighted by molar-refractivity contribution is 0.149. The molecule has 0 aromatic carbocycles. The molecule has 1 heterocycles. The van der Waals surface area contributed by atoms with E-state index < -0.39 is 0 Å². The van der Waals surface area contributed by atoms with Gasteiger partial charge in [-0.05, 0) is 6.92 Å². The number of allylic oxidation sites excluding steroid dienone is 1. The Morgan fingerprint density at radius 3 is 3.14 bits per heavy atom. The van der Waals surface area contributed by atoms with Crippen molar-refractivity contribution in [1.82, 2.24) is 15.0 Å². The molecule has 0 aliphatic heterocycles. The average Bonchev–Trinajstić information content (AvgIpc) is 2.65.